The van der Waals surface area contributed by atoms with Gasteiger partial charge in [-0.2, -0.15) is 5.10 Å². The van der Waals surface area contributed by atoms with Gasteiger partial charge in [-0.25, -0.2) is 0 Å². The third-order valence-electron chi connectivity index (χ3n) is 6.53. The molecule has 24 heavy (non-hydrogen) atoms. The van der Waals surface area contributed by atoms with Gasteiger partial charge in [0.2, 0.25) is 5.91 Å². The van der Waals surface area contributed by atoms with Crippen LogP contribution in [0.4, 0.5) is 0 Å². The van der Waals surface area contributed by atoms with E-state index in [1.807, 2.05) is 18.0 Å². The Morgan fingerprint density at radius 3 is 3.04 bits per heavy atom. The van der Waals surface area contributed by atoms with Gasteiger partial charge in [0.05, 0.1) is 23.1 Å². The minimum absolute atomic E-state index is 0.293. The van der Waals surface area contributed by atoms with E-state index in [1.54, 1.807) is 7.11 Å². The van der Waals surface area contributed by atoms with Crippen molar-refractivity contribution in [2.24, 2.45) is 11.3 Å². The van der Waals surface area contributed by atoms with Crippen molar-refractivity contribution >= 4 is 32.7 Å². The molecule has 0 bridgehead atoms. The highest BCUT2D eigenvalue weighted by Gasteiger charge is 2.72. The Bertz CT molecular complexity index is 863. The molecule has 1 amide bonds. The second-order valence-electron chi connectivity index (χ2n) is 7.55. The highest BCUT2D eigenvalue weighted by atomic mass is 79.9. The molecule has 2 aliphatic carbocycles. The van der Waals surface area contributed by atoms with E-state index in [4.69, 9.17) is 9.84 Å². The van der Waals surface area contributed by atoms with Gasteiger partial charge < -0.3 is 9.64 Å². The number of hydrogen-bond acceptors (Lipinski definition) is 3. The molecule has 3 aliphatic rings. The molecular weight excluding hydrogens is 370 g/mol. The van der Waals surface area contributed by atoms with Gasteiger partial charge in [0.15, 0.2) is 0 Å². The zero-order chi connectivity index (χ0) is 16.6. The molecule has 3 fully saturated rings. The van der Waals surface area contributed by atoms with Crippen molar-refractivity contribution in [3.8, 4) is 5.75 Å². The van der Waals surface area contributed by atoms with Crippen molar-refractivity contribution in [3.05, 3.63) is 22.8 Å². The fraction of sp³-hybridized carbons (Fsp3) is 0.556. The van der Waals surface area contributed by atoms with E-state index in [2.05, 4.69) is 32.9 Å². The van der Waals surface area contributed by atoms with Crippen molar-refractivity contribution < 1.29 is 9.53 Å². The summed E-state index contributed by atoms with van der Waals surface area (Å²) in [6, 6.07) is 4.97. The van der Waals surface area contributed by atoms with Crippen LogP contribution in [0.2, 0.25) is 0 Å². The summed E-state index contributed by atoms with van der Waals surface area (Å²) in [7, 11) is 3.65. The molecule has 2 saturated carbocycles. The van der Waals surface area contributed by atoms with Gasteiger partial charge in [0.1, 0.15) is 5.75 Å². The number of likely N-dealkylation sites (tertiary alicyclic amines) is 1. The molecule has 126 valence electrons. The van der Waals surface area contributed by atoms with Gasteiger partial charge in [0, 0.05) is 42.6 Å². The molecule has 1 aromatic carbocycles. The van der Waals surface area contributed by atoms with Crippen LogP contribution in [-0.2, 0) is 4.79 Å². The number of nitrogens with zero attached hydrogens (tertiary/aromatic N) is 3. The monoisotopic (exact) mass is 389 g/mol. The normalized spacial score (nSPS) is 34.4. The summed E-state index contributed by atoms with van der Waals surface area (Å²) >= 11 is 3.54. The fourth-order valence-corrected chi connectivity index (χ4v) is 5.79. The smallest absolute Gasteiger partial charge is 0.223 e. The van der Waals surface area contributed by atoms with Crippen molar-refractivity contribution in [2.75, 3.05) is 14.2 Å². The van der Waals surface area contributed by atoms with E-state index in [0.29, 0.717) is 29.3 Å². The predicted octanol–water partition coefficient (Wildman–Crippen LogP) is 3.38. The number of rotatable bonds is 2. The molecule has 1 aliphatic heterocycles. The molecule has 6 heteroatoms. The molecule has 4 atom stereocenters. The van der Waals surface area contributed by atoms with Crippen LogP contribution in [0.25, 0.3) is 10.9 Å². The lowest BCUT2D eigenvalue weighted by Gasteiger charge is -2.27. The zero-order valence-electron chi connectivity index (χ0n) is 13.8. The number of carbonyl (C=O) groups excluding carboxylic acids is 1. The Hall–Kier alpha value is -1.56. The molecule has 5 rings (SSSR count). The number of piperidine rings is 1. The van der Waals surface area contributed by atoms with Gasteiger partial charge in [-0.3, -0.25) is 9.48 Å². The standard InChI is InChI=1S/C18H20BrN3O2/c1-21-16(23)8-18-4-3-11(6-12(18)17(18)21)22-9-10-5-13(19)15(24-2)7-14(10)20-22/h5,7,9,11-12,17H,3-4,6,8H2,1-2H3/t11-,12?,17?,18-/m1/s1. The van der Waals surface area contributed by atoms with E-state index in [-0.39, 0.29) is 0 Å². The van der Waals surface area contributed by atoms with Crippen LogP contribution in [0.3, 0.4) is 0 Å². The van der Waals surface area contributed by atoms with Crippen LogP contribution in [0.1, 0.15) is 31.7 Å². The first-order chi connectivity index (χ1) is 11.5. The van der Waals surface area contributed by atoms with E-state index in [9.17, 15) is 4.79 Å². The van der Waals surface area contributed by atoms with Crippen LogP contribution < -0.4 is 4.74 Å². The predicted molar refractivity (Wildman–Crippen MR) is 94.0 cm³/mol. The van der Waals surface area contributed by atoms with Crippen molar-refractivity contribution in [1.82, 2.24) is 14.7 Å². The SMILES string of the molecule is COc1cc2nn([C@@H]3CC[C@]45CC(=O)N(C)C4C5C3)cc2cc1Br. The fourth-order valence-electron chi connectivity index (χ4n) is 5.27. The number of benzene rings is 1. The lowest BCUT2D eigenvalue weighted by molar-refractivity contribution is -0.129. The highest BCUT2D eigenvalue weighted by molar-refractivity contribution is 9.10. The molecule has 2 unspecified atom stereocenters. The van der Waals surface area contributed by atoms with Crippen molar-refractivity contribution in [3.63, 3.8) is 0 Å². The number of carbonyl (C=O) groups is 1. The van der Waals surface area contributed by atoms with E-state index in [0.717, 1.165) is 46.8 Å². The van der Waals surface area contributed by atoms with Crippen LogP contribution in [0.15, 0.2) is 22.8 Å². The molecule has 0 radical (unpaired) electrons. The molecule has 1 aromatic heterocycles. The first-order valence-electron chi connectivity index (χ1n) is 8.51. The molecule has 5 nitrogen and oxygen atoms in total. The maximum Gasteiger partial charge on any atom is 0.223 e. The summed E-state index contributed by atoms with van der Waals surface area (Å²) in [4.78, 5) is 13.9. The first-order valence-corrected chi connectivity index (χ1v) is 9.31. The number of hydrogen-bond donors (Lipinski definition) is 0. The summed E-state index contributed by atoms with van der Waals surface area (Å²) < 4.78 is 8.46. The van der Waals surface area contributed by atoms with Crippen molar-refractivity contribution in [2.45, 2.75) is 37.8 Å². The Morgan fingerprint density at radius 2 is 2.25 bits per heavy atom. The summed E-state index contributed by atoms with van der Waals surface area (Å²) in [5.74, 6) is 1.80. The average Bonchev–Trinajstić information content (AvgIpc) is 2.87. The second kappa shape index (κ2) is 4.75. The molecular formula is C18H20BrN3O2. The van der Waals surface area contributed by atoms with Crippen LogP contribution in [-0.4, -0.2) is 40.8 Å². The lowest BCUT2D eigenvalue weighted by atomic mass is 9.83. The van der Waals surface area contributed by atoms with Crippen molar-refractivity contribution in [1.29, 1.82) is 0 Å². The number of aromatic nitrogens is 2. The number of halogens is 1. The minimum atomic E-state index is 0.293. The zero-order valence-corrected chi connectivity index (χ0v) is 15.4. The summed E-state index contributed by atoms with van der Waals surface area (Å²) in [5, 5.41) is 5.93. The second-order valence-corrected chi connectivity index (χ2v) is 8.40. The summed E-state index contributed by atoms with van der Waals surface area (Å²) in [6.45, 7) is 0. The summed E-state index contributed by atoms with van der Waals surface area (Å²) in [6.07, 6.45) is 6.30. The molecule has 1 saturated heterocycles. The van der Waals surface area contributed by atoms with Gasteiger partial charge >= 0.3 is 0 Å². The topological polar surface area (TPSA) is 47.4 Å². The van der Waals surface area contributed by atoms with Gasteiger partial charge in [0.25, 0.3) is 0 Å². The lowest BCUT2D eigenvalue weighted by Crippen LogP contribution is -2.27. The highest BCUT2D eigenvalue weighted by Crippen LogP contribution is 2.70. The maximum atomic E-state index is 11.9. The van der Waals surface area contributed by atoms with Crippen LogP contribution in [0.5, 0.6) is 5.75 Å². The molecule has 2 aromatic rings. The third-order valence-corrected chi connectivity index (χ3v) is 7.15. The number of ether oxygens (including phenoxy) is 1. The Labute approximate surface area is 149 Å². The molecule has 1 spiro atoms. The Morgan fingerprint density at radius 1 is 1.42 bits per heavy atom. The first kappa shape index (κ1) is 14.8. The molecule has 0 N–H and O–H groups in total. The van der Waals surface area contributed by atoms with E-state index >= 15 is 0 Å². The number of methoxy groups -OCH3 is 1. The van der Waals surface area contributed by atoms with E-state index < -0.39 is 0 Å². The van der Waals surface area contributed by atoms with Gasteiger partial charge in [-0.15, -0.1) is 0 Å². The van der Waals surface area contributed by atoms with Crippen LogP contribution in [0, 0.1) is 11.3 Å². The summed E-state index contributed by atoms with van der Waals surface area (Å²) in [5.41, 5.74) is 1.26. The Balaban J connectivity index is 1.43. The van der Waals surface area contributed by atoms with Gasteiger partial charge in [-0.05, 0) is 47.2 Å². The third kappa shape index (κ3) is 1.80. The maximum absolute atomic E-state index is 11.9. The molecule has 2 heterocycles. The number of amides is 1. The van der Waals surface area contributed by atoms with Crippen LogP contribution >= 0.6 is 15.9 Å². The minimum Gasteiger partial charge on any atom is -0.495 e. The van der Waals surface area contributed by atoms with Gasteiger partial charge in [-0.1, -0.05) is 0 Å². The quantitative estimate of drug-likeness (QED) is 0.790. The van der Waals surface area contributed by atoms with E-state index in [1.165, 1.54) is 0 Å². The average molecular weight is 390 g/mol. The number of fused-ring (bicyclic) bond motifs is 2. The largest absolute Gasteiger partial charge is 0.495 e. The Kier molecular flexibility index (Phi) is 2.92.